The summed E-state index contributed by atoms with van der Waals surface area (Å²) in [6, 6.07) is 4.34. The van der Waals surface area contributed by atoms with Crippen molar-refractivity contribution in [2.24, 2.45) is 5.92 Å². The summed E-state index contributed by atoms with van der Waals surface area (Å²) >= 11 is 0. The number of carboxylic acids is 1. The zero-order valence-electron chi connectivity index (χ0n) is 12.4. The number of nitrogens with one attached hydrogen (secondary N) is 2. The fourth-order valence-electron chi connectivity index (χ4n) is 2.37. The first kappa shape index (κ1) is 17.9. The molecule has 0 spiro atoms. The molecule has 0 saturated carbocycles. The van der Waals surface area contributed by atoms with Crippen molar-refractivity contribution in [3.63, 3.8) is 0 Å². The summed E-state index contributed by atoms with van der Waals surface area (Å²) < 4.78 is 49.8. The van der Waals surface area contributed by atoms with E-state index in [2.05, 4.69) is 10.0 Å². The van der Waals surface area contributed by atoms with Gasteiger partial charge in [0.25, 0.3) is 0 Å². The van der Waals surface area contributed by atoms with Gasteiger partial charge in [0, 0.05) is 25.4 Å². The van der Waals surface area contributed by atoms with Crippen LogP contribution < -0.4 is 10.0 Å². The molecule has 23 heavy (non-hydrogen) atoms. The second-order valence-corrected chi connectivity index (χ2v) is 9.22. The standard InChI is InChI=1S/C13H18N2O6S2/c1-22(18,19)11-2-4-12(5-3-11)23(20,21)15-10-6-9(13(16)17)7-14-8-10/h2-5,9-10,14-15H,6-8H2,1H3,(H,16,17)/t9-,10+/m0/s1. The molecular weight excluding hydrogens is 344 g/mol. The van der Waals surface area contributed by atoms with Gasteiger partial charge in [0.05, 0.1) is 15.7 Å². The van der Waals surface area contributed by atoms with Crippen molar-refractivity contribution in [2.75, 3.05) is 19.3 Å². The van der Waals surface area contributed by atoms with Crippen LogP contribution in [0.15, 0.2) is 34.1 Å². The maximum absolute atomic E-state index is 12.3. The van der Waals surface area contributed by atoms with Crippen LogP contribution >= 0.6 is 0 Å². The Kier molecular flexibility index (Phi) is 5.09. The molecule has 8 nitrogen and oxygen atoms in total. The minimum Gasteiger partial charge on any atom is -0.481 e. The Hall–Kier alpha value is -1.49. The van der Waals surface area contributed by atoms with E-state index in [0.717, 1.165) is 6.26 Å². The van der Waals surface area contributed by atoms with Crippen molar-refractivity contribution in [1.82, 2.24) is 10.0 Å². The molecule has 0 unspecified atom stereocenters. The van der Waals surface area contributed by atoms with Gasteiger partial charge in [-0.15, -0.1) is 0 Å². The number of hydrogen-bond donors (Lipinski definition) is 3. The van der Waals surface area contributed by atoms with Crippen LogP contribution in [0.4, 0.5) is 0 Å². The smallest absolute Gasteiger partial charge is 0.307 e. The lowest BCUT2D eigenvalue weighted by Crippen LogP contribution is -2.50. The Morgan fingerprint density at radius 3 is 2.22 bits per heavy atom. The van der Waals surface area contributed by atoms with Gasteiger partial charge >= 0.3 is 5.97 Å². The van der Waals surface area contributed by atoms with Crippen LogP contribution in [-0.2, 0) is 24.7 Å². The number of aliphatic carboxylic acids is 1. The van der Waals surface area contributed by atoms with E-state index in [1.54, 1.807) is 0 Å². The molecule has 10 heteroatoms. The number of piperidine rings is 1. The van der Waals surface area contributed by atoms with Crippen molar-refractivity contribution in [3.8, 4) is 0 Å². The van der Waals surface area contributed by atoms with Gasteiger partial charge in [-0.1, -0.05) is 0 Å². The number of sulfone groups is 1. The summed E-state index contributed by atoms with van der Waals surface area (Å²) in [6.07, 6.45) is 1.23. The second-order valence-electron chi connectivity index (χ2n) is 5.49. The molecule has 1 aromatic carbocycles. The van der Waals surface area contributed by atoms with E-state index in [-0.39, 0.29) is 16.2 Å². The highest BCUT2D eigenvalue weighted by molar-refractivity contribution is 7.90. The van der Waals surface area contributed by atoms with E-state index in [0.29, 0.717) is 13.1 Å². The second kappa shape index (κ2) is 6.56. The highest BCUT2D eigenvalue weighted by atomic mass is 32.2. The van der Waals surface area contributed by atoms with Crippen molar-refractivity contribution < 1.29 is 26.7 Å². The molecule has 1 aliphatic heterocycles. The number of hydrogen-bond acceptors (Lipinski definition) is 6. The van der Waals surface area contributed by atoms with Crippen LogP contribution in [0, 0.1) is 5.92 Å². The Balaban J connectivity index is 2.14. The molecule has 0 aliphatic carbocycles. The largest absolute Gasteiger partial charge is 0.481 e. The Labute approximate surface area is 134 Å². The molecular formula is C13H18N2O6S2. The lowest BCUT2D eigenvalue weighted by atomic mass is 9.97. The van der Waals surface area contributed by atoms with Crippen LogP contribution in [0.2, 0.25) is 0 Å². The zero-order chi connectivity index (χ0) is 17.3. The van der Waals surface area contributed by atoms with Gasteiger partial charge in [-0.05, 0) is 30.7 Å². The summed E-state index contributed by atoms with van der Waals surface area (Å²) in [5.74, 6) is -1.62. The molecule has 1 heterocycles. The third-order valence-corrected chi connectivity index (χ3v) is 6.25. The van der Waals surface area contributed by atoms with Crippen LogP contribution in [-0.4, -0.2) is 53.3 Å². The molecule has 1 aromatic rings. The van der Waals surface area contributed by atoms with E-state index >= 15 is 0 Å². The molecule has 1 aliphatic rings. The average molecular weight is 362 g/mol. The summed E-state index contributed by atoms with van der Waals surface area (Å²) in [4.78, 5) is 11.0. The van der Waals surface area contributed by atoms with Crippen molar-refractivity contribution in [1.29, 1.82) is 0 Å². The predicted octanol–water partition coefficient (Wildman–Crippen LogP) is -0.569. The summed E-state index contributed by atoms with van der Waals surface area (Å²) in [5, 5.41) is 11.9. The van der Waals surface area contributed by atoms with Gasteiger partial charge in [-0.25, -0.2) is 21.6 Å². The van der Waals surface area contributed by atoms with Crippen molar-refractivity contribution in [2.45, 2.75) is 22.3 Å². The molecule has 0 bridgehead atoms. The minimum atomic E-state index is -3.85. The first-order valence-corrected chi connectivity index (χ1v) is 10.2. The van der Waals surface area contributed by atoms with Gasteiger partial charge in [-0.2, -0.15) is 0 Å². The van der Waals surface area contributed by atoms with Gasteiger partial charge in [0.15, 0.2) is 9.84 Å². The molecule has 1 fully saturated rings. The zero-order valence-corrected chi connectivity index (χ0v) is 14.0. The molecule has 0 aromatic heterocycles. The monoisotopic (exact) mass is 362 g/mol. The van der Waals surface area contributed by atoms with E-state index in [9.17, 15) is 21.6 Å². The van der Waals surface area contributed by atoms with Gasteiger partial charge in [0.2, 0.25) is 10.0 Å². The minimum absolute atomic E-state index is 0.0294. The molecule has 3 N–H and O–H groups in total. The quantitative estimate of drug-likeness (QED) is 0.639. The Morgan fingerprint density at radius 1 is 1.13 bits per heavy atom. The molecule has 2 rings (SSSR count). The van der Waals surface area contributed by atoms with E-state index in [1.165, 1.54) is 24.3 Å². The fraction of sp³-hybridized carbons (Fsp3) is 0.462. The van der Waals surface area contributed by atoms with Gasteiger partial charge in [-0.3, -0.25) is 4.79 Å². The normalized spacial score (nSPS) is 22.7. The topological polar surface area (TPSA) is 130 Å². The van der Waals surface area contributed by atoms with Gasteiger partial charge in [0.1, 0.15) is 0 Å². The first-order chi connectivity index (χ1) is 10.6. The Morgan fingerprint density at radius 2 is 1.70 bits per heavy atom. The Bertz CT molecular complexity index is 786. The van der Waals surface area contributed by atoms with Crippen LogP contribution in [0.25, 0.3) is 0 Å². The maximum Gasteiger partial charge on any atom is 0.307 e. The van der Waals surface area contributed by atoms with Gasteiger partial charge < -0.3 is 10.4 Å². The fourth-order valence-corrected chi connectivity index (χ4v) is 4.25. The number of sulfonamides is 1. The van der Waals surface area contributed by atoms with E-state index in [1.807, 2.05) is 0 Å². The van der Waals surface area contributed by atoms with Crippen LogP contribution in [0.1, 0.15) is 6.42 Å². The highest BCUT2D eigenvalue weighted by Gasteiger charge is 2.29. The molecule has 1 saturated heterocycles. The number of rotatable bonds is 5. The predicted molar refractivity (Wildman–Crippen MR) is 82.3 cm³/mol. The number of carboxylic acid groups (broad SMARTS) is 1. The lowest BCUT2D eigenvalue weighted by Gasteiger charge is -2.28. The van der Waals surface area contributed by atoms with Crippen LogP contribution in [0.5, 0.6) is 0 Å². The van der Waals surface area contributed by atoms with E-state index in [4.69, 9.17) is 5.11 Å². The van der Waals surface area contributed by atoms with Crippen molar-refractivity contribution in [3.05, 3.63) is 24.3 Å². The van der Waals surface area contributed by atoms with Crippen LogP contribution in [0.3, 0.4) is 0 Å². The molecule has 2 atom stereocenters. The highest BCUT2D eigenvalue weighted by Crippen LogP contribution is 2.17. The summed E-state index contributed by atoms with van der Waals surface area (Å²) in [7, 11) is -7.25. The van der Waals surface area contributed by atoms with E-state index < -0.39 is 37.8 Å². The molecule has 0 radical (unpaired) electrons. The lowest BCUT2D eigenvalue weighted by molar-refractivity contribution is -0.142. The number of carbonyl (C=O) groups is 1. The molecule has 0 amide bonds. The third-order valence-electron chi connectivity index (χ3n) is 3.58. The SMILES string of the molecule is CS(=O)(=O)c1ccc(S(=O)(=O)N[C@H]2CNC[C@@H](C(=O)O)C2)cc1. The molecule has 128 valence electrons. The third kappa shape index (κ3) is 4.50. The average Bonchev–Trinajstić information content (AvgIpc) is 2.46. The first-order valence-electron chi connectivity index (χ1n) is 6.85. The number of benzene rings is 1. The summed E-state index contributed by atoms with van der Waals surface area (Å²) in [6.45, 7) is 0.640. The van der Waals surface area contributed by atoms with Crippen molar-refractivity contribution >= 4 is 25.8 Å². The maximum atomic E-state index is 12.3. The summed E-state index contributed by atoms with van der Waals surface area (Å²) in [5.41, 5.74) is 0.